The molecule has 2 aromatic carbocycles. The number of hydrogen-bond acceptors (Lipinski definition) is 6. The molecule has 140 valence electrons. The third-order valence-corrected chi connectivity index (χ3v) is 4.84. The van der Waals surface area contributed by atoms with Crippen molar-refractivity contribution in [3.05, 3.63) is 69.1 Å². The van der Waals surface area contributed by atoms with Crippen molar-refractivity contribution in [1.29, 1.82) is 0 Å². The molecular formula is C20H18ClNO4S. The Kier molecular flexibility index (Phi) is 6.32. The van der Waals surface area contributed by atoms with Gasteiger partial charge in [0.15, 0.2) is 17.3 Å². The second-order valence-electron chi connectivity index (χ2n) is 5.69. The fourth-order valence-corrected chi connectivity index (χ4v) is 3.13. The van der Waals surface area contributed by atoms with Crippen molar-refractivity contribution in [1.82, 2.24) is 4.98 Å². The molecular weight excluding hydrogens is 386 g/mol. The third-order valence-electron chi connectivity index (χ3n) is 3.72. The van der Waals surface area contributed by atoms with E-state index in [0.717, 1.165) is 16.5 Å². The van der Waals surface area contributed by atoms with Crippen LogP contribution in [0.1, 0.15) is 28.0 Å². The average molecular weight is 404 g/mol. The van der Waals surface area contributed by atoms with E-state index in [2.05, 4.69) is 4.98 Å². The number of carbonyl (C=O) groups is 1. The number of nitrogens with zero attached hydrogens (tertiary/aromatic N) is 1. The predicted molar refractivity (Wildman–Crippen MR) is 105 cm³/mol. The standard InChI is InChI=1S/C20H18ClNO4S/c1-13(23)14-3-8-18(19(9-14)24-2)26-10-16-12-27-20(22-16)11-25-17-6-4-15(21)5-7-17/h3-9,12H,10-11H2,1-2H3. The first-order chi connectivity index (χ1) is 13.0. The molecule has 0 fully saturated rings. The summed E-state index contributed by atoms with van der Waals surface area (Å²) in [5.41, 5.74) is 1.38. The van der Waals surface area contributed by atoms with E-state index in [1.54, 1.807) is 37.4 Å². The normalized spacial score (nSPS) is 10.5. The summed E-state index contributed by atoms with van der Waals surface area (Å²) >= 11 is 7.36. The molecule has 1 aromatic heterocycles. The molecule has 0 saturated carbocycles. The topological polar surface area (TPSA) is 57.7 Å². The van der Waals surface area contributed by atoms with Crippen molar-refractivity contribution >= 4 is 28.7 Å². The summed E-state index contributed by atoms with van der Waals surface area (Å²) in [5, 5.41) is 3.45. The van der Waals surface area contributed by atoms with Crippen LogP contribution in [0, 0.1) is 0 Å². The average Bonchev–Trinajstić information content (AvgIpc) is 3.13. The van der Waals surface area contributed by atoms with Crippen LogP contribution in [0.5, 0.6) is 17.2 Å². The Balaban J connectivity index is 1.58. The van der Waals surface area contributed by atoms with Crippen LogP contribution in [0.25, 0.3) is 0 Å². The van der Waals surface area contributed by atoms with E-state index in [1.165, 1.54) is 18.3 Å². The molecule has 0 saturated heterocycles. The van der Waals surface area contributed by atoms with Crippen LogP contribution in [0.3, 0.4) is 0 Å². The quantitative estimate of drug-likeness (QED) is 0.486. The molecule has 1 heterocycles. The zero-order valence-electron chi connectivity index (χ0n) is 14.9. The summed E-state index contributed by atoms with van der Waals surface area (Å²) in [6, 6.07) is 12.3. The minimum absolute atomic E-state index is 0.0234. The minimum Gasteiger partial charge on any atom is -0.493 e. The molecule has 0 unspecified atom stereocenters. The van der Waals surface area contributed by atoms with Crippen LogP contribution in [-0.4, -0.2) is 17.9 Å². The minimum atomic E-state index is -0.0234. The Morgan fingerprint density at radius 3 is 2.56 bits per heavy atom. The lowest BCUT2D eigenvalue weighted by Crippen LogP contribution is -2.01. The molecule has 0 aliphatic carbocycles. The van der Waals surface area contributed by atoms with Crippen LogP contribution in [0.2, 0.25) is 5.02 Å². The zero-order chi connectivity index (χ0) is 19.2. The van der Waals surface area contributed by atoms with Gasteiger partial charge in [-0.1, -0.05) is 11.6 Å². The number of rotatable bonds is 8. The van der Waals surface area contributed by atoms with Crippen LogP contribution >= 0.6 is 22.9 Å². The number of carbonyl (C=O) groups excluding carboxylic acids is 1. The van der Waals surface area contributed by atoms with Crippen molar-refractivity contribution in [2.75, 3.05) is 7.11 Å². The summed E-state index contributed by atoms with van der Waals surface area (Å²) in [6.07, 6.45) is 0. The summed E-state index contributed by atoms with van der Waals surface area (Å²) in [4.78, 5) is 16.0. The monoisotopic (exact) mass is 403 g/mol. The highest BCUT2D eigenvalue weighted by Gasteiger charge is 2.10. The lowest BCUT2D eigenvalue weighted by Gasteiger charge is -2.10. The Morgan fingerprint density at radius 1 is 1.07 bits per heavy atom. The summed E-state index contributed by atoms with van der Waals surface area (Å²) < 4.78 is 16.8. The Hall–Kier alpha value is -2.57. The summed E-state index contributed by atoms with van der Waals surface area (Å²) in [6.45, 7) is 2.19. The van der Waals surface area contributed by atoms with E-state index < -0.39 is 0 Å². The molecule has 0 bridgehead atoms. The lowest BCUT2D eigenvalue weighted by atomic mass is 10.1. The number of ether oxygens (including phenoxy) is 3. The van der Waals surface area contributed by atoms with Crippen LogP contribution in [0.4, 0.5) is 0 Å². The number of aromatic nitrogens is 1. The smallest absolute Gasteiger partial charge is 0.161 e. The van der Waals surface area contributed by atoms with E-state index in [1.807, 2.05) is 17.5 Å². The first-order valence-electron chi connectivity index (χ1n) is 8.18. The van der Waals surface area contributed by atoms with Gasteiger partial charge in [0.2, 0.25) is 0 Å². The Labute approximate surface area is 166 Å². The maximum atomic E-state index is 11.5. The van der Waals surface area contributed by atoms with E-state index in [4.69, 9.17) is 25.8 Å². The second kappa shape index (κ2) is 8.88. The molecule has 0 aliphatic rings. The molecule has 3 aromatic rings. The van der Waals surface area contributed by atoms with Gasteiger partial charge in [-0.3, -0.25) is 4.79 Å². The fraction of sp³-hybridized carbons (Fsp3) is 0.200. The summed E-state index contributed by atoms with van der Waals surface area (Å²) in [7, 11) is 1.54. The molecule has 3 rings (SSSR count). The van der Waals surface area contributed by atoms with Gasteiger partial charge in [0.25, 0.3) is 0 Å². The van der Waals surface area contributed by atoms with E-state index in [-0.39, 0.29) is 5.78 Å². The molecule has 27 heavy (non-hydrogen) atoms. The number of thiazole rings is 1. The number of hydrogen-bond donors (Lipinski definition) is 0. The van der Waals surface area contributed by atoms with Crippen molar-refractivity contribution in [2.45, 2.75) is 20.1 Å². The number of methoxy groups -OCH3 is 1. The van der Waals surface area contributed by atoms with Gasteiger partial charge in [-0.05, 0) is 49.4 Å². The first-order valence-corrected chi connectivity index (χ1v) is 9.44. The van der Waals surface area contributed by atoms with Gasteiger partial charge in [-0.25, -0.2) is 4.98 Å². The van der Waals surface area contributed by atoms with Gasteiger partial charge in [0.1, 0.15) is 24.0 Å². The number of benzene rings is 2. The summed E-state index contributed by atoms with van der Waals surface area (Å²) in [5.74, 6) is 1.80. The van der Waals surface area contributed by atoms with Gasteiger partial charge in [0.05, 0.1) is 12.8 Å². The predicted octanol–water partition coefficient (Wildman–Crippen LogP) is 5.17. The molecule has 0 atom stereocenters. The van der Waals surface area contributed by atoms with Gasteiger partial charge in [-0.2, -0.15) is 0 Å². The zero-order valence-corrected chi connectivity index (χ0v) is 16.5. The number of halogens is 1. The molecule has 0 amide bonds. The van der Waals surface area contributed by atoms with E-state index in [9.17, 15) is 4.79 Å². The molecule has 0 N–H and O–H groups in total. The molecule has 5 nitrogen and oxygen atoms in total. The molecule has 7 heteroatoms. The van der Waals surface area contributed by atoms with Crippen molar-refractivity contribution in [2.24, 2.45) is 0 Å². The van der Waals surface area contributed by atoms with Crippen LogP contribution in [-0.2, 0) is 13.2 Å². The van der Waals surface area contributed by atoms with Gasteiger partial charge in [0, 0.05) is 16.0 Å². The van der Waals surface area contributed by atoms with Crippen LogP contribution in [0.15, 0.2) is 47.8 Å². The maximum Gasteiger partial charge on any atom is 0.161 e. The molecule has 0 radical (unpaired) electrons. The SMILES string of the molecule is COc1cc(C(C)=O)ccc1OCc1csc(COc2ccc(Cl)cc2)n1. The van der Waals surface area contributed by atoms with Gasteiger partial charge >= 0.3 is 0 Å². The maximum absolute atomic E-state index is 11.5. The largest absolute Gasteiger partial charge is 0.493 e. The Bertz CT molecular complexity index is 924. The van der Waals surface area contributed by atoms with Gasteiger partial charge < -0.3 is 14.2 Å². The fourth-order valence-electron chi connectivity index (χ4n) is 2.31. The van der Waals surface area contributed by atoms with Crippen molar-refractivity contribution < 1.29 is 19.0 Å². The van der Waals surface area contributed by atoms with Crippen LogP contribution < -0.4 is 14.2 Å². The number of Topliss-reactive ketones (excluding diaryl/α,β-unsaturated/α-hetero) is 1. The van der Waals surface area contributed by atoms with Crippen molar-refractivity contribution in [3.8, 4) is 17.2 Å². The van der Waals surface area contributed by atoms with E-state index in [0.29, 0.717) is 35.3 Å². The highest BCUT2D eigenvalue weighted by Crippen LogP contribution is 2.29. The first kappa shape index (κ1) is 19.2. The second-order valence-corrected chi connectivity index (χ2v) is 7.06. The highest BCUT2D eigenvalue weighted by molar-refractivity contribution is 7.09. The lowest BCUT2D eigenvalue weighted by molar-refractivity contribution is 0.101. The van der Waals surface area contributed by atoms with E-state index >= 15 is 0 Å². The third kappa shape index (κ3) is 5.21. The molecule has 0 spiro atoms. The van der Waals surface area contributed by atoms with Crippen molar-refractivity contribution in [3.63, 3.8) is 0 Å². The Morgan fingerprint density at radius 2 is 1.85 bits per heavy atom. The highest BCUT2D eigenvalue weighted by atomic mass is 35.5. The van der Waals surface area contributed by atoms with Gasteiger partial charge in [-0.15, -0.1) is 11.3 Å². The number of ketones is 1. The molecule has 0 aliphatic heterocycles.